The van der Waals surface area contributed by atoms with Gasteiger partial charge in [0.15, 0.2) is 6.29 Å². The molecule has 0 saturated carbocycles. The summed E-state index contributed by atoms with van der Waals surface area (Å²) in [5, 5.41) is 0. The predicted molar refractivity (Wildman–Crippen MR) is 66.6 cm³/mol. The van der Waals surface area contributed by atoms with Crippen molar-refractivity contribution >= 4 is 17.1 Å². The van der Waals surface area contributed by atoms with Crippen molar-refractivity contribution in [3.8, 4) is 0 Å². The number of ketones is 1. The van der Waals surface area contributed by atoms with Gasteiger partial charge in [-0.15, -0.1) is 11.3 Å². The van der Waals surface area contributed by atoms with Crippen LogP contribution in [0.3, 0.4) is 0 Å². The minimum absolute atomic E-state index is 0.00615. The summed E-state index contributed by atoms with van der Waals surface area (Å²) in [5.41, 5.74) is 0.645. The molecule has 0 N–H and O–H groups in total. The maximum Gasteiger partial charge on any atom is 0.203 e. The van der Waals surface area contributed by atoms with Crippen LogP contribution in [0.1, 0.15) is 26.4 Å². The Kier molecular flexibility index (Phi) is 3.19. The quantitative estimate of drug-likeness (QED) is 0.796. The maximum atomic E-state index is 12.2. The zero-order valence-electron chi connectivity index (χ0n) is 9.54. The van der Waals surface area contributed by atoms with Crippen LogP contribution in [0, 0.1) is 0 Å². The Bertz CT molecular complexity index is 546. The van der Waals surface area contributed by atoms with Gasteiger partial charge < -0.3 is 9.47 Å². The van der Waals surface area contributed by atoms with E-state index in [4.69, 9.17) is 9.47 Å². The van der Waals surface area contributed by atoms with Crippen molar-refractivity contribution in [3.05, 3.63) is 52.0 Å². The number of carbonyl (C=O) groups is 1. The molecule has 0 amide bonds. The number of hydrogen-bond donors (Lipinski definition) is 0. The van der Waals surface area contributed by atoms with Gasteiger partial charge in [-0.05, 0) is 24.3 Å². The standard InChI is InChI=1S/C13H11NO3S/c15-12(9-3-5-14-6-4-9)10-1-2-11(18-10)13-16-7-8-17-13/h1-6,13H,7-8H2. The summed E-state index contributed by atoms with van der Waals surface area (Å²) < 4.78 is 10.8. The molecule has 1 saturated heterocycles. The van der Waals surface area contributed by atoms with E-state index in [1.54, 1.807) is 24.5 Å². The highest BCUT2D eigenvalue weighted by Crippen LogP contribution is 2.30. The fourth-order valence-corrected chi connectivity index (χ4v) is 2.74. The molecule has 4 nitrogen and oxygen atoms in total. The van der Waals surface area contributed by atoms with Crippen LogP contribution in [0.25, 0.3) is 0 Å². The molecule has 0 spiro atoms. The maximum absolute atomic E-state index is 12.2. The topological polar surface area (TPSA) is 48.4 Å². The molecule has 0 radical (unpaired) electrons. The number of pyridine rings is 1. The highest BCUT2D eigenvalue weighted by Gasteiger charge is 2.21. The largest absolute Gasteiger partial charge is 0.345 e. The Morgan fingerprint density at radius 2 is 1.89 bits per heavy atom. The lowest BCUT2D eigenvalue weighted by atomic mass is 10.1. The summed E-state index contributed by atoms with van der Waals surface area (Å²) in [6.07, 6.45) is 2.92. The molecule has 0 aromatic carbocycles. The molecular formula is C13H11NO3S. The third-order valence-corrected chi connectivity index (χ3v) is 3.75. The lowest BCUT2D eigenvalue weighted by molar-refractivity contribution is -0.0413. The van der Waals surface area contributed by atoms with Crippen molar-refractivity contribution in [1.82, 2.24) is 4.98 Å². The lowest BCUT2D eigenvalue weighted by Gasteiger charge is -2.04. The fraction of sp³-hybridized carbons (Fsp3) is 0.231. The SMILES string of the molecule is O=C(c1ccncc1)c1ccc(C2OCCO2)s1. The highest BCUT2D eigenvalue weighted by atomic mass is 32.1. The van der Waals surface area contributed by atoms with Crippen molar-refractivity contribution in [2.24, 2.45) is 0 Å². The van der Waals surface area contributed by atoms with Crippen molar-refractivity contribution < 1.29 is 14.3 Å². The van der Waals surface area contributed by atoms with Crippen LogP contribution in [0.15, 0.2) is 36.7 Å². The summed E-state index contributed by atoms with van der Waals surface area (Å²) in [5.74, 6) is 0.00615. The van der Waals surface area contributed by atoms with Gasteiger partial charge in [-0.3, -0.25) is 9.78 Å². The monoisotopic (exact) mass is 261 g/mol. The first-order chi connectivity index (χ1) is 8.84. The van der Waals surface area contributed by atoms with Gasteiger partial charge in [0.1, 0.15) is 0 Å². The molecule has 0 unspecified atom stereocenters. The fourth-order valence-electron chi connectivity index (χ4n) is 1.77. The second-order valence-corrected chi connectivity index (χ2v) is 4.96. The van der Waals surface area contributed by atoms with E-state index < -0.39 is 0 Å². The second kappa shape index (κ2) is 4.97. The average Bonchev–Trinajstić information content (AvgIpc) is 3.09. The van der Waals surface area contributed by atoms with Crippen LogP contribution >= 0.6 is 11.3 Å². The molecule has 3 rings (SSSR count). The zero-order valence-corrected chi connectivity index (χ0v) is 10.4. The van der Waals surface area contributed by atoms with Crippen LogP contribution in [0.4, 0.5) is 0 Å². The molecule has 5 heteroatoms. The molecule has 1 fully saturated rings. The summed E-state index contributed by atoms with van der Waals surface area (Å²) in [7, 11) is 0. The van der Waals surface area contributed by atoms with Gasteiger partial charge in [0.2, 0.25) is 5.78 Å². The third-order valence-electron chi connectivity index (χ3n) is 2.65. The Hall–Kier alpha value is -1.56. The summed E-state index contributed by atoms with van der Waals surface area (Å²) in [6.45, 7) is 1.21. The van der Waals surface area contributed by atoms with E-state index in [0.29, 0.717) is 23.7 Å². The minimum atomic E-state index is -0.311. The van der Waals surface area contributed by atoms with Crippen LogP contribution in [-0.4, -0.2) is 24.0 Å². The summed E-state index contributed by atoms with van der Waals surface area (Å²) in [6, 6.07) is 7.12. The van der Waals surface area contributed by atoms with Gasteiger partial charge >= 0.3 is 0 Å². The molecule has 0 aliphatic carbocycles. The van der Waals surface area contributed by atoms with Crippen molar-refractivity contribution in [2.45, 2.75) is 6.29 Å². The van der Waals surface area contributed by atoms with Crippen molar-refractivity contribution in [3.63, 3.8) is 0 Å². The molecule has 18 heavy (non-hydrogen) atoms. The molecular weight excluding hydrogens is 250 g/mol. The Labute approximate surface area is 108 Å². The highest BCUT2D eigenvalue weighted by molar-refractivity contribution is 7.14. The van der Waals surface area contributed by atoms with Crippen molar-refractivity contribution in [2.75, 3.05) is 13.2 Å². The van der Waals surface area contributed by atoms with E-state index in [0.717, 1.165) is 4.88 Å². The van der Waals surface area contributed by atoms with Crippen LogP contribution < -0.4 is 0 Å². The van der Waals surface area contributed by atoms with E-state index in [1.807, 2.05) is 12.1 Å². The average molecular weight is 261 g/mol. The van der Waals surface area contributed by atoms with E-state index in [9.17, 15) is 4.79 Å². The number of ether oxygens (including phenoxy) is 2. The Morgan fingerprint density at radius 3 is 2.61 bits per heavy atom. The second-order valence-electron chi connectivity index (χ2n) is 3.84. The molecule has 3 heterocycles. The normalized spacial score (nSPS) is 16.0. The minimum Gasteiger partial charge on any atom is -0.345 e. The third kappa shape index (κ3) is 2.20. The number of aromatic nitrogens is 1. The molecule has 2 aromatic rings. The first-order valence-corrected chi connectivity index (χ1v) is 6.44. The first kappa shape index (κ1) is 11.5. The Morgan fingerprint density at radius 1 is 1.17 bits per heavy atom. The number of thiophene rings is 1. The van der Waals surface area contributed by atoms with E-state index in [-0.39, 0.29) is 12.1 Å². The zero-order chi connectivity index (χ0) is 12.4. The van der Waals surface area contributed by atoms with Gasteiger partial charge in [-0.2, -0.15) is 0 Å². The van der Waals surface area contributed by atoms with E-state index in [1.165, 1.54) is 11.3 Å². The molecule has 1 aliphatic rings. The van der Waals surface area contributed by atoms with Gasteiger partial charge in [-0.1, -0.05) is 0 Å². The predicted octanol–water partition coefficient (Wildman–Crippen LogP) is 2.42. The molecule has 92 valence electrons. The summed E-state index contributed by atoms with van der Waals surface area (Å²) >= 11 is 1.41. The number of rotatable bonds is 3. The Balaban J connectivity index is 1.83. The molecule has 0 bridgehead atoms. The number of carbonyl (C=O) groups excluding carboxylic acids is 1. The van der Waals surface area contributed by atoms with Crippen molar-refractivity contribution in [1.29, 1.82) is 0 Å². The first-order valence-electron chi connectivity index (χ1n) is 5.62. The molecule has 0 atom stereocenters. The lowest BCUT2D eigenvalue weighted by Crippen LogP contribution is -1.98. The van der Waals surface area contributed by atoms with Crippen LogP contribution in [0.2, 0.25) is 0 Å². The number of hydrogen-bond acceptors (Lipinski definition) is 5. The van der Waals surface area contributed by atoms with Gasteiger partial charge in [-0.25, -0.2) is 0 Å². The van der Waals surface area contributed by atoms with Crippen LogP contribution in [-0.2, 0) is 9.47 Å². The van der Waals surface area contributed by atoms with Gasteiger partial charge in [0, 0.05) is 18.0 Å². The molecule has 1 aliphatic heterocycles. The van der Waals surface area contributed by atoms with E-state index in [2.05, 4.69) is 4.98 Å². The van der Waals surface area contributed by atoms with Gasteiger partial charge in [0.25, 0.3) is 0 Å². The number of nitrogens with zero attached hydrogens (tertiary/aromatic N) is 1. The summed E-state index contributed by atoms with van der Waals surface area (Å²) in [4.78, 5) is 17.7. The smallest absolute Gasteiger partial charge is 0.203 e. The van der Waals surface area contributed by atoms with Crippen LogP contribution in [0.5, 0.6) is 0 Å². The van der Waals surface area contributed by atoms with E-state index >= 15 is 0 Å². The van der Waals surface area contributed by atoms with Gasteiger partial charge in [0.05, 0.1) is 23.0 Å². The molecule has 2 aromatic heterocycles.